The first-order chi connectivity index (χ1) is 8.40. The largest absolute Gasteiger partial charge is 0.393 e. The van der Waals surface area contributed by atoms with Gasteiger partial charge in [0.2, 0.25) is 0 Å². The molecule has 0 bridgehead atoms. The Hall–Kier alpha value is -0.580. The first kappa shape index (κ1) is 15.5. The molecule has 0 amide bonds. The average Bonchev–Trinajstić information content (AvgIpc) is 2.24. The van der Waals surface area contributed by atoms with Gasteiger partial charge in [0.15, 0.2) is 0 Å². The molecule has 1 heterocycles. The molecular formula is C12H17Cl2N3S. The van der Waals surface area contributed by atoms with Gasteiger partial charge in [0.1, 0.15) is 5.82 Å². The van der Waals surface area contributed by atoms with Gasteiger partial charge in [0.05, 0.1) is 15.0 Å². The number of thiocarbonyl (C=S) groups is 1. The van der Waals surface area contributed by atoms with Gasteiger partial charge in [-0.1, -0.05) is 49.3 Å². The summed E-state index contributed by atoms with van der Waals surface area (Å²) in [6.45, 7) is 5.83. The van der Waals surface area contributed by atoms with Crippen LogP contribution in [0.1, 0.15) is 20.3 Å². The van der Waals surface area contributed by atoms with Crippen molar-refractivity contribution in [1.82, 2.24) is 4.98 Å². The maximum absolute atomic E-state index is 6.17. The highest BCUT2D eigenvalue weighted by molar-refractivity contribution is 7.80. The zero-order valence-corrected chi connectivity index (χ0v) is 12.8. The highest BCUT2D eigenvalue weighted by atomic mass is 35.5. The van der Waals surface area contributed by atoms with E-state index in [2.05, 4.69) is 23.7 Å². The molecule has 0 atom stereocenters. The Balaban J connectivity index is 2.89. The number of anilines is 1. The van der Waals surface area contributed by atoms with Crippen molar-refractivity contribution in [3.8, 4) is 0 Å². The summed E-state index contributed by atoms with van der Waals surface area (Å²) < 4.78 is 0. The minimum Gasteiger partial charge on any atom is -0.393 e. The van der Waals surface area contributed by atoms with Gasteiger partial charge in [-0.25, -0.2) is 4.98 Å². The molecule has 1 rings (SSSR count). The van der Waals surface area contributed by atoms with E-state index in [1.165, 1.54) is 0 Å². The molecule has 18 heavy (non-hydrogen) atoms. The van der Waals surface area contributed by atoms with Crippen LogP contribution in [0.3, 0.4) is 0 Å². The van der Waals surface area contributed by atoms with Crippen molar-refractivity contribution in [2.24, 2.45) is 11.7 Å². The van der Waals surface area contributed by atoms with Crippen molar-refractivity contribution in [2.75, 3.05) is 18.0 Å². The van der Waals surface area contributed by atoms with E-state index in [-0.39, 0.29) is 0 Å². The first-order valence-corrected chi connectivity index (χ1v) is 6.91. The van der Waals surface area contributed by atoms with Crippen LogP contribution in [0.2, 0.25) is 10.0 Å². The lowest BCUT2D eigenvalue weighted by atomic mass is 10.2. The van der Waals surface area contributed by atoms with Crippen LogP contribution in [-0.2, 0) is 0 Å². The summed E-state index contributed by atoms with van der Waals surface area (Å²) in [6, 6.07) is 1.69. The third-order valence-electron chi connectivity index (χ3n) is 2.30. The first-order valence-electron chi connectivity index (χ1n) is 5.74. The van der Waals surface area contributed by atoms with Gasteiger partial charge in [0, 0.05) is 25.7 Å². The summed E-state index contributed by atoms with van der Waals surface area (Å²) >= 11 is 16.9. The molecule has 1 aromatic heterocycles. The summed E-state index contributed by atoms with van der Waals surface area (Å²) in [4.78, 5) is 6.87. The van der Waals surface area contributed by atoms with Crippen molar-refractivity contribution in [3.63, 3.8) is 0 Å². The molecule has 0 aliphatic heterocycles. The number of aromatic nitrogens is 1. The molecule has 0 aliphatic carbocycles. The van der Waals surface area contributed by atoms with Crippen LogP contribution in [0.5, 0.6) is 0 Å². The molecule has 0 unspecified atom stereocenters. The topological polar surface area (TPSA) is 42.1 Å². The molecule has 0 aromatic carbocycles. The fourth-order valence-electron chi connectivity index (χ4n) is 1.61. The number of rotatable bonds is 6. The number of halogens is 2. The molecular weight excluding hydrogens is 289 g/mol. The lowest BCUT2D eigenvalue weighted by Crippen LogP contribution is -2.31. The Kier molecular flexibility index (Phi) is 6.12. The number of hydrogen-bond donors (Lipinski definition) is 1. The van der Waals surface area contributed by atoms with E-state index >= 15 is 0 Å². The van der Waals surface area contributed by atoms with Gasteiger partial charge >= 0.3 is 0 Å². The Morgan fingerprint density at radius 2 is 2.17 bits per heavy atom. The van der Waals surface area contributed by atoms with Gasteiger partial charge in [-0.3, -0.25) is 0 Å². The molecule has 3 nitrogen and oxygen atoms in total. The second-order valence-corrected chi connectivity index (χ2v) is 5.88. The maximum atomic E-state index is 6.17. The van der Waals surface area contributed by atoms with E-state index in [9.17, 15) is 0 Å². The van der Waals surface area contributed by atoms with Crippen LogP contribution in [-0.4, -0.2) is 23.1 Å². The molecule has 6 heteroatoms. The summed E-state index contributed by atoms with van der Waals surface area (Å²) in [5.41, 5.74) is 5.54. The Morgan fingerprint density at radius 3 is 2.67 bits per heavy atom. The summed E-state index contributed by atoms with van der Waals surface area (Å²) in [6.07, 6.45) is 2.24. The maximum Gasteiger partial charge on any atom is 0.147 e. The lowest BCUT2D eigenvalue weighted by Gasteiger charge is -2.26. The predicted molar refractivity (Wildman–Crippen MR) is 82.7 cm³/mol. The van der Waals surface area contributed by atoms with Crippen LogP contribution >= 0.6 is 35.4 Å². The van der Waals surface area contributed by atoms with Gasteiger partial charge in [-0.2, -0.15) is 0 Å². The van der Waals surface area contributed by atoms with Gasteiger partial charge in [-0.05, 0) is 12.0 Å². The second kappa shape index (κ2) is 7.12. The second-order valence-electron chi connectivity index (χ2n) is 4.52. The van der Waals surface area contributed by atoms with Crippen molar-refractivity contribution in [3.05, 3.63) is 22.3 Å². The van der Waals surface area contributed by atoms with Crippen molar-refractivity contribution in [1.29, 1.82) is 0 Å². The normalized spacial score (nSPS) is 10.7. The Morgan fingerprint density at radius 1 is 1.50 bits per heavy atom. The summed E-state index contributed by atoms with van der Waals surface area (Å²) in [5.74, 6) is 1.22. The third kappa shape index (κ3) is 4.96. The fourth-order valence-corrected chi connectivity index (χ4v) is 2.20. The SMILES string of the molecule is CC(C)CN(CCC(N)=S)c1ncc(Cl)cc1Cl. The number of hydrogen-bond acceptors (Lipinski definition) is 3. The highest BCUT2D eigenvalue weighted by Crippen LogP contribution is 2.26. The Labute approximate surface area is 123 Å². The average molecular weight is 306 g/mol. The van der Waals surface area contributed by atoms with Crippen molar-refractivity contribution >= 4 is 46.2 Å². The van der Waals surface area contributed by atoms with E-state index in [4.69, 9.17) is 41.2 Å². The van der Waals surface area contributed by atoms with Crippen LogP contribution in [0.15, 0.2) is 12.3 Å². The summed E-state index contributed by atoms with van der Waals surface area (Å²) in [7, 11) is 0. The van der Waals surface area contributed by atoms with Crippen molar-refractivity contribution < 1.29 is 0 Å². The lowest BCUT2D eigenvalue weighted by molar-refractivity contribution is 0.609. The molecule has 0 aliphatic rings. The van der Waals surface area contributed by atoms with E-state index in [0.29, 0.717) is 33.9 Å². The van der Waals surface area contributed by atoms with Crippen molar-refractivity contribution in [2.45, 2.75) is 20.3 Å². The van der Waals surface area contributed by atoms with Gasteiger partial charge in [0.25, 0.3) is 0 Å². The Bertz CT molecular complexity index is 424. The molecule has 0 spiro atoms. The van der Waals surface area contributed by atoms with Crippen LogP contribution in [0, 0.1) is 5.92 Å². The summed E-state index contributed by atoms with van der Waals surface area (Å²) in [5, 5.41) is 1.08. The number of nitrogens with zero attached hydrogens (tertiary/aromatic N) is 2. The standard InChI is InChI=1S/C12H17Cl2N3S/c1-8(2)7-17(4-3-11(15)18)12-10(14)5-9(13)6-16-12/h5-6,8H,3-4,7H2,1-2H3,(H2,15,18). The molecule has 0 saturated carbocycles. The molecule has 0 radical (unpaired) electrons. The molecule has 0 fully saturated rings. The highest BCUT2D eigenvalue weighted by Gasteiger charge is 2.14. The predicted octanol–water partition coefficient (Wildman–Crippen LogP) is 3.53. The molecule has 100 valence electrons. The molecule has 0 saturated heterocycles. The van der Waals surface area contributed by atoms with Gasteiger partial charge in [-0.15, -0.1) is 0 Å². The van der Waals surface area contributed by atoms with Crippen LogP contribution in [0.25, 0.3) is 0 Å². The minimum atomic E-state index is 0.491. The molecule has 2 N–H and O–H groups in total. The smallest absolute Gasteiger partial charge is 0.147 e. The van der Waals surface area contributed by atoms with Crippen LogP contribution in [0.4, 0.5) is 5.82 Å². The number of nitrogens with two attached hydrogens (primary N) is 1. The molecule has 1 aromatic rings. The van der Waals surface area contributed by atoms with E-state index in [1.807, 2.05) is 0 Å². The zero-order chi connectivity index (χ0) is 13.7. The van der Waals surface area contributed by atoms with E-state index in [1.54, 1.807) is 12.3 Å². The monoisotopic (exact) mass is 305 g/mol. The zero-order valence-electron chi connectivity index (χ0n) is 10.5. The van der Waals surface area contributed by atoms with E-state index < -0.39 is 0 Å². The quantitative estimate of drug-likeness (QED) is 0.817. The number of pyridine rings is 1. The van der Waals surface area contributed by atoms with E-state index in [0.717, 1.165) is 12.4 Å². The minimum absolute atomic E-state index is 0.491. The van der Waals surface area contributed by atoms with Gasteiger partial charge < -0.3 is 10.6 Å². The third-order valence-corrected chi connectivity index (χ3v) is 2.99. The van der Waals surface area contributed by atoms with Crippen LogP contribution < -0.4 is 10.6 Å². The fraction of sp³-hybridized carbons (Fsp3) is 0.500.